The third kappa shape index (κ3) is 2.64. The zero-order valence-corrected chi connectivity index (χ0v) is 15.3. The number of fused-ring (bicyclic) bond motifs is 5. The lowest BCUT2D eigenvalue weighted by molar-refractivity contribution is 0.0736. The molecule has 1 amide bonds. The molecular formula is C21H30N2O2. The Morgan fingerprint density at radius 1 is 1.08 bits per heavy atom. The molecule has 2 aliphatic heterocycles. The third-order valence-electron chi connectivity index (χ3n) is 7.61. The molecule has 4 fully saturated rings. The van der Waals surface area contributed by atoms with Crippen LogP contribution in [0.5, 0.6) is 0 Å². The summed E-state index contributed by atoms with van der Waals surface area (Å²) in [5.74, 6) is 4.92. The molecule has 2 saturated carbocycles. The van der Waals surface area contributed by atoms with Crippen LogP contribution in [-0.2, 0) is 0 Å². The summed E-state index contributed by atoms with van der Waals surface area (Å²) < 4.78 is 6.03. The van der Waals surface area contributed by atoms with E-state index in [1.165, 1.54) is 38.5 Å². The second-order valence-corrected chi connectivity index (χ2v) is 8.85. The second kappa shape index (κ2) is 6.15. The Hall–Kier alpha value is -1.29. The van der Waals surface area contributed by atoms with Crippen molar-refractivity contribution in [2.45, 2.75) is 51.5 Å². The average molecular weight is 342 g/mol. The van der Waals surface area contributed by atoms with Crippen LogP contribution in [0.2, 0.25) is 0 Å². The van der Waals surface area contributed by atoms with E-state index in [-0.39, 0.29) is 11.9 Å². The van der Waals surface area contributed by atoms with Crippen LogP contribution in [0.3, 0.4) is 0 Å². The number of nitrogens with zero attached hydrogens (tertiary/aromatic N) is 2. The lowest BCUT2D eigenvalue weighted by atomic mass is 9.82. The number of furan rings is 1. The highest BCUT2D eigenvalue weighted by molar-refractivity contribution is 5.91. The van der Waals surface area contributed by atoms with E-state index in [2.05, 4.69) is 16.7 Å². The number of hydrogen-bond acceptors (Lipinski definition) is 3. The van der Waals surface area contributed by atoms with Crippen LogP contribution in [0.15, 0.2) is 16.5 Å². The molecule has 0 aromatic carbocycles. The fourth-order valence-electron chi connectivity index (χ4n) is 6.18. The number of amides is 1. The highest BCUT2D eigenvalue weighted by Gasteiger charge is 2.52. The van der Waals surface area contributed by atoms with Gasteiger partial charge in [-0.1, -0.05) is 6.42 Å². The lowest BCUT2D eigenvalue weighted by Crippen LogP contribution is -2.32. The van der Waals surface area contributed by atoms with Crippen molar-refractivity contribution in [1.29, 1.82) is 0 Å². The Morgan fingerprint density at radius 2 is 1.76 bits per heavy atom. The lowest BCUT2D eigenvalue weighted by Gasteiger charge is -2.31. The third-order valence-corrected chi connectivity index (χ3v) is 7.61. The highest BCUT2D eigenvalue weighted by Crippen LogP contribution is 2.55. The van der Waals surface area contributed by atoms with Crippen LogP contribution >= 0.6 is 0 Å². The van der Waals surface area contributed by atoms with Crippen molar-refractivity contribution in [3.63, 3.8) is 0 Å². The Bertz CT molecular complexity index is 630. The summed E-state index contributed by atoms with van der Waals surface area (Å²) in [5, 5.41) is 0. The van der Waals surface area contributed by atoms with Crippen molar-refractivity contribution < 1.29 is 9.21 Å². The van der Waals surface area contributed by atoms with Crippen molar-refractivity contribution in [1.82, 2.24) is 9.80 Å². The Balaban J connectivity index is 1.26. The van der Waals surface area contributed by atoms with Gasteiger partial charge in [0.05, 0.1) is 6.04 Å². The van der Waals surface area contributed by atoms with Crippen molar-refractivity contribution in [3.05, 3.63) is 23.7 Å². The zero-order chi connectivity index (χ0) is 17.0. The Labute approximate surface area is 150 Å². The highest BCUT2D eigenvalue weighted by atomic mass is 16.4. The maximum Gasteiger partial charge on any atom is 0.289 e. The normalized spacial score (nSPS) is 36.0. The van der Waals surface area contributed by atoms with Crippen molar-refractivity contribution in [2.24, 2.45) is 23.7 Å². The van der Waals surface area contributed by atoms with Crippen LogP contribution in [0.4, 0.5) is 0 Å². The minimum absolute atomic E-state index is 0.117. The molecule has 4 nitrogen and oxygen atoms in total. The first-order valence-corrected chi connectivity index (χ1v) is 10.3. The summed E-state index contributed by atoms with van der Waals surface area (Å²) in [6, 6.07) is 4.20. The number of carbonyl (C=O) groups is 1. The van der Waals surface area contributed by atoms with E-state index >= 15 is 0 Å². The molecule has 5 rings (SSSR count). The molecule has 25 heavy (non-hydrogen) atoms. The number of hydrogen-bond donors (Lipinski definition) is 0. The predicted octanol–water partition coefficient (Wildman–Crippen LogP) is 3.94. The van der Waals surface area contributed by atoms with E-state index < -0.39 is 0 Å². The molecule has 4 aliphatic rings. The summed E-state index contributed by atoms with van der Waals surface area (Å²) in [7, 11) is 0. The molecule has 0 spiro atoms. The van der Waals surface area contributed by atoms with Gasteiger partial charge in [0.1, 0.15) is 5.76 Å². The van der Waals surface area contributed by atoms with Gasteiger partial charge in [0.15, 0.2) is 5.76 Å². The Kier molecular flexibility index (Phi) is 3.92. The van der Waals surface area contributed by atoms with Gasteiger partial charge in [0.25, 0.3) is 5.91 Å². The molecule has 0 radical (unpaired) electrons. The van der Waals surface area contributed by atoms with Gasteiger partial charge < -0.3 is 9.32 Å². The van der Waals surface area contributed by atoms with E-state index in [0.29, 0.717) is 5.76 Å². The number of likely N-dealkylation sites (tertiary alicyclic amines) is 2. The molecule has 1 aromatic heterocycles. The monoisotopic (exact) mass is 342 g/mol. The minimum atomic E-state index is 0.117. The summed E-state index contributed by atoms with van der Waals surface area (Å²) in [5.41, 5.74) is 0. The van der Waals surface area contributed by atoms with Gasteiger partial charge in [-0.15, -0.1) is 0 Å². The largest absolute Gasteiger partial charge is 0.454 e. The van der Waals surface area contributed by atoms with Crippen molar-refractivity contribution >= 4 is 5.91 Å². The van der Waals surface area contributed by atoms with E-state index in [1.54, 1.807) is 0 Å². The van der Waals surface area contributed by atoms with Gasteiger partial charge in [0, 0.05) is 13.1 Å². The number of carbonyl (C=O) groups excluding carboxylic acids is 1. The van der Waals surface area contributed by atoms with E-state index in [4.69, 9.17) is 4.42 Å². The molecule has 5 atom stereocenters. The molecule has 0 unspecified atom stereocenters. The molecule has 0 N–H and O–H groups in total. The van der Waals surface area contributed by atoms with Gasteiger partial charge in [-0.05, 0) is 87.9 Å². The fourth-order valence-corrected chi connectivity index (χ4v) is 6.18. The standard InChI is InChI=1S/C21H30N2O2/c1-14(22-9-3-2-4-10-22)19-7-8-20(25-19)21(24)23-12-17-15-5-6-16(11-15)18(17)13-23/h7-8,14-18H,2-6,9-13H2,1H3/t14-,15-,16+,17-,18+/m1/s1. The topological polar surface area (TPSA) is 36.7 Å². The van der Waals surface area contributed by atoms with Gasteiger partial charge in [0.2, 0.25) is 0 Å². The maximum absolute atomic E-state index is 12.9. The number of rotatable bonds is 3. The van der Waals surface area contributed by atoms with Crippen LogP contribution in [0.1, 0.15) is 67.8 Å². The van der Waals surface area contributed by atoms with Crippen molar-refractivity contribution in [2.75, 3.05) is 26.2 Å². The molecule has 2 bridgehead atoms. The van der Waals surface area contributed by atoms with E-state index in [1.807, 2.05) is 12.1 Å². The summed E-state index contributed by atoms with van der Waals surface area (Å²) in [6.07, 6.45) is 8.10. The summed E-state index contributed by atoms with van der Waals surface area (Å²) in [4.78, 5) is 17.5. The quantitative estimate of drug-likeness (QED) is 0.835. The van der Waals surface area contributed by atoms with Crippen LogP contribution in [0.25, 0.3) is 0 Å². The van der Waals surface area contributed by atoms with Crippen LogP contribution < -0.4 is 0 Å². The molecule has 4 heteroatoms. The zero-order valence-electron chi connectivity index (χ0n) is 15.3. The summed E-state index contributed by atoms with van der Waals surface area (Å²) >= 11 is 0. The molecule has 136 valence electrons. The fraction of sp³-hybridized carbons (Fsp3) is 0.762. The van der Waals surface area contributed by atoms with Crippen LogP contribution in [0, 0.1) is 23.7 Å². The van der Waals surface area contributed by atoms with E-state index in [9.17, 15) is 4.79 Å². The van der Waals surface area contributed by atoms with Crippen LogP contribution in [-0.4, -0.2) is 41.9 Å². The molecule has 2 aliphatic carbocycles. The van der Waals surface area contributed by atoms with Gasteiger partial charge in [-0.3, -0.25) is 9.69 Å². The predicted molar refractivity (Wildman–Crippen MR) is 96.3 cm³/mol. The molecular weight excluding hydrogens is 312 g/mol. The maximum atomic E-state index is 12.9. The van der Waals surface area contributed by atoms with Gasteiger partial charge in [-0.2, -0.15) is 0 Å². The van der Waals surface area contributed by atoms with Gasteiger partial charge in [-0.25, -0.2) is 0 Å². The molecule has 2 saturated heterocycles. The van der Waals surface area contributed by atoms with E-state index in [0.717, 1.165) is 55.6 Å². The molecule has 1 aromatic rings. The number of piperidine rings is 1. The first kappa shape index (κ1) is 15.9. The minimum Gasteiger partial charge on any atom is -0.454 e. The smallest absolute Gasteiger partial charge is 0.289 e. The Morgan fingerprint density at radius 3 is 2.44 bits per heavy atom. The first-order chi connectivity index (χ1) is 12.2. The first-order valence-electron chi connectivity index (χ1n) is 10.3. The summed E-state index contributed by atoms with van der Waals surface area (Å²) in [6.45, 7) is 6.41. The SMILES string of the molecule is C[C@H](c1ccc(C(=O)N2C[C@@H]3[C@@H]4CC[C@@H](C4)[C@@H]3C2)o1)N1CCCCC1. The molecule has 3 heterocycles. The van der Waals surface area contributed by atoms with Gasteiger partial charge >= 0.3 is 0 Å². The average Bonchev–Trinajstić information content (AvgIpc) is 3.42. The second-order valence-electron chi connectivity index (χ2n) is 8.85. The van der Waals surface area contributed by atoms with Crippen molar-refractivity contribution in [3.8, 4) is 0 Å².